The lowest BCUT2D eigenvalue weighted by Crippen LogP contribution is -2.66. The zero-order valence-corrected chi connectivity index (χ0v) is 12.2. The number of carbonyl (C=O) groups excluding carboxylic acids is 1. The van der Waals surface area contributed by atoms with Gasteiger partial charge in [-0.25, -0.2) is 12.7 Å². The molecule has 20 heavy (non-hydrogen) atoms. The van der Waals surface area contributed by atoms with Crippen LogP contribution in [0.4, 0.5) is 5.69 Å². The first kappa shape index (κ1) is 14.7. The Hall–Kier alpha value is -1.67. The van der Waals surface area contributed by atoms with Crippen molar-refractivity contribution in [2.75, 3.05) is 0 Å². The zero-order valence-electron chi connectivity index (χ0n) is 10.7. The third-order valence-electron chi connectivity index (χ3n) is 3.23. The topological polar surface area (TPSA) is 97.6 Å². The predicted octanol–water partition coefficient (Wildman–Crippen LogP) is 1.70. The highest BCUT2D eigenvalue weighted by Crippen LogP contribution is 2.37. The summed E-state index contributed by atoms with van der Waals surface area (Å²) in [7, 11) is -3.74. The number of rotatable bonds is 3. The molecule has 1 aliphatic heterocycles. The minimum atomic E-state index is -3.74. The molecule has 1 aromatic carbocycles. The Kier molecular flexibility index (Phi) is 3.26. The van der Waals surface area contributed by atoms with Crippen LogP contribution >= 0.6 is 11.6 Å². The molecule has 0 bridgehead atoms. The molecule has 0 aliphatic carbocycles. The van der Waals surface area contributed by atoms with Gasteiger partial charge in [0.05, 0.1) is 11.5 Å². The molecule has 1 saturated heterocycles. The average Bonchev–Trinajstić information content (AvgIpc) is 2.36. The second-order valence-corrected chi connectivity index (χ2v) is 7.68. The quantitative estimate of drug-likeness (QED) is 0.624. The average molecular weight is 319 g/mol. The van der Waals surface area contributed by atoms with Gasteiger partial charge in [0.25, 0.3) is 21.6 Å². The van der Waals surface area contributed by atoms with Crippen LogP contribution < -0.4 is 0 Å². The highest BCUT2D eigenvalue weighted by atomic mass is 35.5. The molecule has 0 radical (unpaired) electrons. The van der Waals surface area contributed by atoms with Gasteiger partial charge in [-0.1, -0.05) is 11.6 Å². The molecule has 7 nitrogen and oxygen atoms in total. The Morgan fingerprint density at radius 1 is 1.40 bits per heavy atom. The van der Waals surface area contributed by atoms with Crippen LogP contribution in [0.1, 0.15) is 19.4 Å². The lowest BCUT2D eigenvalue weighted by Gasteiger charge is -2.43. The number of nitro groups is 1. The van der Waals surface area contributed by atoms with Crippen LogP contribution in [-0.4, -0.2) is 28.3 Å². The molecule has 1 fully saturated rings. The van der Waals surface area contributed by atoms with Crippen molar-refractivity contribution in [2.45, 2.75) is 25.1 Å². The first-order valence-electron chi connectivity index (χ1n) is 5.58. The van der Waals surface area contributed by atoms with Crippen molar-refractivity contribution in [1.29, 1.82) is 0 Å². The zero-order chi connectivity index (χ0) is 15.3. The molecule has 0 atom stereocenters. The van der Waals surface area contributed by atoms with Crippen LogP contribution in [0.2, 0.25) is 5.02 Å². The van der Waals surface area contributed by atoms with Crippen LogP contribution in [0.15, 0.2) is 18.2 Å². The Morgan fingerprint density at radius 3 is 2.50 bits per heavy atom. The van der Waals surface area contributed by atoms with E-state index in [0.29, 0.717) is 4.31 Å². The summed E-state index contributed by atoms with van der Waals surface area (Å²) in [6, 6.07) is 3.68. The Morgan fingerprint density at radius 2 is 2.00 bits per heavy atom. The van der Waals surface area contributed by atoms with Gasteiger partial charge in [-0.05, 0) is 25.5 Å². The summed E-state index contributed by atoms with van der Waals surface area (Å²) in [6.45, 7) is 2.33. The molecule has 2 rings (SSSR count). The number of hydrogen-bond donors (Lipinski definition) is 0. The summed E-state index contributed by atoms with van der Waals surface area (Å²) in [5.74, 6) is -0.555. The first-order chi connectivity index (χ1) is 9.09. The highest BCUT2D eigenvalue weighted by Gasteiger charge is 2.60. The number of sulfonamides is 1. The predicted molar refractivity (Wildman–Crippen MR) is 71.7 cm³/mol. The van der Waals surface area contributed by atoms with E-state index in [0.717, 1.165) is 6.07 Å². The van der Waals surface area contributed by atoms with Gasteiger partial charge in [0.1, 0.15) is 0 Å². The monoisotopic (exact) mass is 318 g/mol. The van der Waals surface area contributed by atoms with E-state index in [-0.39, 0.29) is 22.8 Å². The van der Waals surface area contributed by atoms with Crippen molar-refractivity contribution in [2.24, 2.45) is 0 Å². The number of amides is 1. The third-order valence-corrected chi connectivity index (χ3v) is 5.94. The fourth-order valence-electron chi connectivity index (χ4n) is 1.86. The molecule has 0 aromatic heterocycles. The first-order valence-corrected chi connectivity index (χ1v) is 7.40. The Labute approximate surface area is 120 Å². The molecular weight excluding hydrogens is 308 g/mol. The maximum Gasteiger partial charge on any atom is 0.269 e. The summed E-state index contributed by atoms with van der Waals surface area (Å²) in [4.78, 5) is 21.9. The van der Waals surface area contributed by atoms with Crippen LogP contribution in [0, 0.1) is 10.1 Å². The van der Waals surface area contributed by atoms with E-state index in [9.17, 15) is 23.3 Å². The summed E-state index contributed by atoms with van der Waals surface area (Å²) in [6.07, 6.45) is 0. The second-order valence-electron chi connectivity index (χ2n) is 4.86. The van der Waals surface area contributed by atoms with E-state index in [1.165, 1.54) is 26.0 Å². The van der Waals surface area contributed by atoms with Gasteiger partial charge >= 0.3 is 0 Å². The van der Waals surface area contributed by atoms with E-state index in [1.54, 1.807) is 0 Å². The molecule has 9 heteroatoms. The summed E-state index contributed by atoms with van der Waals surface area (Å²) in [5, 5.41) is 10.9. The normalized spacial score (nSPS) is 19.6. The van der Waals surface area contributed by atoms with Crippen molar-refractivity contribution in [1.82, 2.24) is 4.31 Å². The summed E-state index contributed by atoms with van der Waals surface area (Å²) >= 11 is 5.88. The van der Waals surface area contributed by atoms with E-state index in [4.69, 9.17) is 11.6 Å². The minimum absolute atomic E-state index is 0.170. The molecular formula is C11H11ClN2O5S. The number of benzene rings is 1. The second kappa shape index (κ2) is 4.42. The fourth-order valence-corrected chi connectivity index (χ4v) is 3.55. The van der Waals surface area contributed by atoms with E-state index in [1.807, 2.05) is 0 Å². The lowest BCUT2D eigenvalue weighted by atomic mass is 10.1. The van der Waals surface area contributed by atoms with E-state index < -0.39 is 25.6 Å². The van der Waals surface area contributed by atoms with Crippen molar-refractivity contribution >= 4 is 33.2 Å². The number of hydrogen-bond acceptors (Lipinski definition) is 5. The molecule has 0 spiro atoms. The number of nitrogens with zero attached hydrogens (tertiary/aromatic N) is 2. The third kappa shape index (κ3) is 1.95. The summed E-state index contributed by atoms with van der Waals surface area (Å²) in [5.41, 5.74) is 0.00215. The van der Waals surface area contributed by atoms with Gasteiger partial charge in [0, 0.05) is 17.2 Å². The molecule has 1 aromatic rings. The number of non-ortho nitro benzene ring substituents is 1. The SMILES string of the molecule is CC1(C)C(=O)N(Cc2cc([N+](=O)[O-])ccc2Cl)S1(=O)=O. The standard InChI is InChI=1S/C11H11ClN2O5S/c1-11(2)10(15)13(20(11,18)19)6-7-5-8(14(16)17)3-4-9(7)12/h3-5H,6H2,1-2H3. The Bertz CT molecular complexity index is 714. The molecule has 1 heterocycles. The number of halogens is 1. The largest absolute Gasteiger partial charge is 0.272 e. The van der Waals surface area contributed by atoms with Gasteiger partial charge < -0.3 is 0 Å². The van der Waals surface area contributed by atoms with Gasteiger partial charge in [-0.2, -0.15) is 0 Å². The van der Waals surface area contributed by atoms with Gasteiger partial charge in [0.15, 0.2) is 4.75 Å². The maximum atomic E-state index is 11.9. The fraction of sp³-hybridized carbons (Fsp3) is 0.364. The van der Waals surface area contributed by atoms with Crippen molar-refractivity contribution in [3.63, 3.8) is 0 Å². The molecule has 0 N–H and O–H groups in total. The van der Waals surface area contributed by atoms with Gasteiger partial charge in [-0.15, -0.1) is 0 Å². The lowest BCUT2D eigenvalue weighted by molar-refractivity contribution is -0.384. The van der Waals surface area contributed by atoms with Crippen molar-refractivity contribution < 1.29 is 18.1 Å². The van der Waals surface area contributed by atoms with Gasteiger partial charge in [-0.3, -0.25) is 14.9 Å². The molecule has 0 saturated carbocycles. The van der Waals surface area contributed by atoms with Crippen LogP contribution in [0.3, 0.4) is 0 Å². The molecule has 0 unspecified atom stereocenters. The maximum absolute atomic E-state index is 11.9. The van der Waals surface area contributed by atoms with Crippen molar-refractivity contribution in [3.8, 4) is 0 Å². The molecule has 108 valence electrons. The molecule has 1 amide bonds. The van der Waals surface area contributed by atoms with Crippen LogP contribution in [0.25, 0.3) is 0 Å². The molecule has 1 aliphatic rings. The van der Waals surface area contributed by atoms with Crippen LogP contribution in [-0.2, 0) is 21.4 Å². The number of nitro benzene ring substituents is 1. The van der Waals surface area contributed by atoms with Crippen LogP contribution in [0.5, 0.6) is 0 Å². The van der Waals surface area contributed by atoms with E-state index >= 15 is 0 Å². The van der Waals surface area contributed by atoms with Gasteiger partial charge in [0.2, 0.25) is 0 Å². The number of carbonyl (C=O) groups is 1. The summed E-state index contributed by atoms with van der Waals surface area (Å²) < 4.78 is 23.1. The van der Waals surface area contributed by atoms with Crippen molar-refractivity contribution in [3.05, 3.63) is 38.9 Å². The highest BCUT2D eigenvalue weighted by molar-refractivity contribution is 7.94. The smallest absolute Gasteiger partial charge is 0.269 e. The Balaban J connectivity index is 2.35. The van der Waals surface area contributed by atoms with E-state index in [2.05, 4.69) is 0 Å². The minimum Gasteiger partial charge on any atom is -0.272 e.